The molecular weight excluding hydrogens is 322 g/mol. The summed E-state index contributed by atoms with van der Waals surface area (Å²) < 4.78 is 27.5. The summed E-state index contributed by atoms with van der Waals surface area (Å²) in [6.07, 6.45) is 2.62. The second-order valence-electron chi connectivity index (χ2n) is 5.09. The van der Waals surface area contributed by atoms with Gasteiger partial charge >= 0.3 is 5.97 Å². The number of aliphatic carboxylic acids is 1. The third-order valence-electron chi connectivity index (χ3n) is 3.81. The fourth-order valence-corrected chi connectivity index (χ4v) is 5.56. The van der Waals surface area contributed by atoms with E-state index in [-0.39, 0.29) is 10.1 Å². The van der Waals surface area contributed by atoms with Crippen molar-refractivity contribution in [2.75, 3.05) is 0 Å². The first kappa shape index (κ1) is 15.8. The Morgan fingerprint density at radius 2 is 2.20 bits per heavy atom. The lowest BCUT2D eigenvalue weighted by Gasteiger charge is -2.39. The first-order valence-corrected chi connectivity index (χ1v) is 8.98. The van der Waals surface area contributed by atoms with E-state index in [4.69, 9.17) is 11.6 Å². The van der Waals surface area contributed by atoms with E-state index >= 15 is 0 Å². The fraction of sp³-hybridized carbons (Fsp3) is 0.583. The van der Waals surface area contributed by atoms with Crippen LogP contribution >= 0.6 is 22.9 Å². The molecule has 1 heterocycles. The van der Waals surface area contributed by atoms with Gasteiger partial charge in [-0.3, -0.25) is 4.79 Å². The first-order valence-electron chi connectivity index (χ1n) is 6.31. The molecule has 0 saturated heterocycles. The van der Waals surface area contributed by atoms with E-state index in [1.165, 1.54) is 12.1 Å². The smallest absolute Gasteiger partial charge is 0.325 e. The first-order chi connectivity index (χ1) is 9.28. The van der Waals surface area contributed by atoms with Crippen LogP contribution in [-0.2, 0) is 14.8 Å². The van der Waals surface area contributed by atoms with Gasteiger partial charge in [-0.25, -0.2) is 8.42 Å². The van der Waals surface area contributed by atoms with Crippen LogP contribution in [0.4, 0.5) is 0 Å². The molecule has 0 amide bonds. The van der Waals surface area contributed by atoms with Gasteiger partial charge in [-0.2, -0.15) is 4.72 Å². The van der Waals surface area contributed by atoms with E-state index in [1.807, 2.05) is 0 Å². The Kier molecular flexibility index (Phi) is 4.44. The number of sulfonamides is 1. The summed E-state index contributed by atoms with van der Waals surface area (Å²) in [4.78, 5) is 11.7. The Morgan fingerprint density at radius 3 is 2.70 bits per heavy atom. The van der Waals surface area contributed by atoms with Gasteiger partial charge in [0, 0.05) is 0 Å². The molecule has 112 valence electrons. The minimum atomic E-state index is -3.87. The van der Waals surface area contributed by atoms with Crippen molar-refractivity contribution in [1.29, 1.82) is 0 Å². The number of nitrogens with one attached hydrogen (secondary N) is 1. The molecule has 1 fully saturated rings. The third kappa shape index (κ3) is 2.86. The van der Waals surface area contributed by atoms with Crippen molar-refractivity contribution in [3.63, 3.8) is 0 Å². The second kappa shape index (κ2) is 5.63. The van der Waals surface area contributed by atoms with E-state index in [0.717, 1.165) is 17.8 Å². The van der Waals surface area contributed by atoms with Crippen molar-refractivity contribution in [2.24, 2.45) is 5.92 Å². The maximum atomic E-state index is 12.3. The summed E-state index contributed by atoms with van der Waals surface area (Å²) >= 11 is 6.66. The van der Waals surface area contributed by atoms with Crippen molar-refractivity contribution in [2.45, 2.75) is 42.4 Å². The Morgan fingerprint density at radius 1 is 1.50 bits per heavy atom. The van der Waals surface area contributed by atoms with Crippen LogP contribution < -0.4 is 4.72 Å². The molecule has 0 aromatic carbocycles. The highest BCUT2D eigenvalue weighted by Crippen LogP contribution is 2.36. The number of carbonyl (C=O) groups is 1. The lowest BCUT2D eigenvalue weighted by atomic mass is 9.74. The van der Waals surface area contributed by atoms with Gasteiger partial charge in [-0.15, -0.1) is 11.3 Å². The lowest BCUT2D eigenvalue weighted by Crippen LogP contribution is -2.59. The second-order valence-corrected chi connectivity index (χ2v) is 8.71. The molecular formula is C12H16ClNO4S2. The van der Waals surface area contributed by atoms with E-state index < -0.39 is 21.5 Å². The molecule has 1 aromatic heterocycles. The van der Waals surface area contributed by atoms with Crippen LogP contribution in [-0.4, -0.2) is 25.0 Å². The van der Waals surface area contributed by atoms with Gasteiger partial charge < -0.3 is 5.11 Å². The zero-order valence-electron chi connectivity index (χ0n) is 10.9. The molecule has 0 radical (unpaired) electrons. The maximum absolute atomic E-state index is 12.3. The SMILES string of the molecule is CC1CCCCC1(NS(=O)(=O)c1ccc(Cl)s1)C(=O)O. The summed E-state index contributed by atoms with van der Waals surface area (Å²) in [5.41, 5.74) is -1.42. The summed E-state index contributed by atoms with van der Waals surface area (Å²) in [5, 5.41) is 9.53. The molecule has 20 heavy (non-hydrogen) atoms. The number of carboxylic acid groups (broad SMARTS) is 1. The van der Waals surface area contributed by atoms with Crippen LogP contribution in [0.5, 0.6) is 0 Å². The number of hydrogen-bond donors (Lipinski definition) is 2. The van der Waals surface area contributed by atoms with Crippen molar-refractivity contribution >= 4 is 38.9 Å². The fourth-order valence-electron chi connectivity index (χ4n) is 2.59. The summed E-state index contributed by atoms with van der Waals surface area (Å²) in [7, 11) is -3.87. The van der Waals surface area contributed by atoms with Gasteiger partial charge in [0.1, 0.15) is 9.75 Å². The van der Waals surface area contributed by atoms with Crippen LogP contribution in [0, 0.1) is 5.92 Å². The van der Waals surface area contributed by atoms with Crippen molar-refractivity contribution in [3.05, 3.63) is 16.5 Å². The minimum Gasteiger partial charge on any atom is -0.480 e. The average Bonchev–Trinajstić information content (AvgIpc) is 2.79. The zero-order chi connectivity index (χ0) is 15.0. The molecule has 1 aliphatic rings. The molecule has 1 saturated carbocycles. The Balaban J connectivity index is 2.35. The molecule has 5 nitrogen and oxygen atoms in total. The van der Waals surface area contributed by atoms with Gasteiger partial charge in [0.05, 0.1) is 4.34 Å². The lowest BCUT2D eigenvalue weighted by molar-refractivity contribution is -0.147. The Labute approximate surface area is 127 Å². The highest BCUT2D eigenvalue weighted by Gasteiger charge is 2.48. The molecule has 1 aliphatic carbocycles. The topological polar surface area (TPSA) is 83.5 Å². The molecule has 2 unspecified atom stereocenters. The van der Waals surface area contributed by atoms with E-state index in [1.54, 1.807) is 6.92 Å². The van der Waals surface area contributed by atoms with Gasteiger partial charge in [0.15, 0.2) is 0 Å². The van der Waals surface area contributed by atoms with E-state index in [0.29, 0.717) is 23.6 Å². The van der Waals surface area contributed by atoms with E-state index in [2.05, 4.69) is 4.72 Å². The van der Waals surface area contributed by atoms with Crippen LogP contribution in [0.2, 0.25) is 4.34 Å². The molecule has 2 atom stereocenters. The van der Waals surface area contributed by atoms with Crippen molar-refractivity contribution in [3.8, 4) is 0 Å². The average molecular weight is 338 g/mol. The van der Waals surface area contributed by atoms with Crippen molar-refractivity contribution < 1.29 is 18.3 Å². The highest BCUT2D eigenvalue weighted by atomic mass is 35.5. The maximum Gasteiger partial charge on any atom is 0.325 e. The molecule has 2 rings (SSSR count). The zero-order valence-corrected chi connectivity index (χ0v) is 13.3. The molecule has 0 spiro atoms. The summed E-state index contributed by atoms with van der Waals surface area (Å²) in [6, 6.07) is 2.87. The van der Waals surface area contributed by atoms with Gasteiger partial charge in [-0.1, -0.05) is 31.4 Å². The predicted octanol–water partition coefficient (Wildman–Crippen LogP) is 2.71. The molecule has 0 bridgehead atoms. The third-order valence-corrected chi connectivity index (χ3v) is 7.04. The van der Waals surface area contributed by atoms with Crippen LogP contribution in [0.1, 0.15) is 32.6 Å². The molecule has 2 N–H and O–H groups in total. The predicted molar refractivity (Wildman–Crippen MR) is 77.6 cm³/mol. The quantitative estimate of drug-likeness (QED) is 0.884. The van der Waals surface area contributed by atoms with Crippen LogP contribution in [0.25, 0.3) is 0 Å². The number of rotatable bonds is 4. The summed E-state index contributed by atoms with van der Waals surface area (Å²) in [5.74, 6) is -1.37. The van der Waals surface area contributed by atoms with Crippen molar-refractivity contribution in [1.82, 2.24) is 4.72 Å². The standard InChI is InChI=1S/C12H16ClNO4S2/c1-8-4-2-3-7-12(8,11(15)16)14-20(17,18)10-6-5-9(13)19-10/h5-6,8,14H,2-4,7H2,1H3,(H,15,16). The monoisotopic (exact) mass is 337 g/mol. The van der Waals surface area contributed by atoms with Gasteiger partial charge in [0.25, 0.3) is 10.0 Å². The molecule has 0 aliphatic heterocycles. The Hall–Kier alpha value is -0.630. The van der Waals surface area contributed by atoms with Gasteiger partial charge in [-0.05, 0) is 30.9 Å². The minimum absolute atomic E-state index is 0.0425. The van der Waals surface area contributed by atoms with E-state index in [9.17, 15) is 18.3 Å². The number of hydrogen-bond acceptors (Lipinski definition) is 4. The largest absolute Gasteiger partial charge is 0.480 e. The number of carboxylic acids is 1. The highest BCUT2D eigenvalue weighted by molar-refractivity contribution is 7.91. The molecule has 1 aromatic rings. The van der Waals surface area contributed by atoms with Crippen LogP contribution in [0.3, 0.4) is 0 Å². The summed E-state index contributed by atoms with van der Waals surface area (Å²) in [6.45, 7) is 1.78. The number of thiophene rings is 1. The van der Waals surface area contributed by atoms with Gasteiger partial charge in [0.2, 0.25) is 0 Å². The number of halogens is 1. The normalized spacial score (nSPS) is 27.4. The Bertz CT molecular complexity index is 613. The molecule has 8 heteroatoms. The van der Waals surface area contributed by atoms with Crippen LogP contribution in [0.15, 0.2) is 16.3 Å².